The van der Waals surface area contributed by atoms with Gasteiger partial charge in [0.05, 0.1) is 11.1 Å². The Labute approximate surface area is 125 Å². The fourth-order valence-corrected chi connectivity index (χ4v) is 2.09. The summed E-state index contributed by atoms with van der Waals surface area (Å²) in [5, 5.41) is 9.37. The van der Waals surface area contributed by atoms with Gasteiger partial charge >= 0.3 is 12.4 Å². The lowest BCUT2D eigenvalue weighted by atomic mass is 9.99. The van der Waals surface area contributed by atoms with Gasteiger partial charge in [0.25, 0.3) is 0 Å². The fourth-order valence-electron chi connectivity index (χ4n) is 1.86. The molecule has 0 radical (unpaired) electrons. The topological polar surface area (TPSA) is 20.2 Å². The molecule has 0 aliphatic rings. The van der Waals surface area contributed by atoms with E-state index in [0.717, 1.165) is 18.2 Å². The molecule has 0 aliphatic carbocycles. The van der Waals surface area contributed by atoms with Crippen LogP contribution in [0, 0.1) is 0 Å². The van der Waals surface area contributed by atoms with Gasteiger partial charge in [-0.3, -0.25) is 0 Å². The van der Waals surface area contributed by atoms with Crippen molar-refractivity contribution in [3.63, 3.8) is 0 Å². The molecule has 118 valence electrons. The van der Waals surface area contributed by atoms with Crippen molar-refractivity contribution in [1.82, 2.24) is 0 Å². The molecule has 0 amide bonds. The highest BCUT2D eigenvalue weighted by Crippen LogP contribution is 2.39. The summed E-state index contributed by atoms with van der Waals surface area (Å²) in [4.78, 5) is 0. The Balaban J connectivity index is 2.70. The van der Waals surface area contributed by atoms with Crippen LogP contribution in [-0.2, 0) is 12.4 Å². The van der Waals surface area contributed by atoms with E-state index in [-0.39, 0.29) is 28.0 Å². The van der Waals surface area contributed by atoms with E-state index >= 15 is 0 Å². The molecule has 0 aromatic heterocycles. The third-order valence-electron chi connectivity index (χ3n) is 2.80. The van der Waals surface area contributed by atoms with Crippen LogP contribution in [0.1, 0.15) is 11.1 Å². The predicted molar refractivity (Wildman–Crippen MR) is 68.6 cm³/mol. The first-order valence-electron chi connectivity index (χ1n) is 5.76. The predicted octanol–water partition coefficient (Wildman–Crippen LogP) is 5.75. The molecular weight excluding hydrogens is 334 g/mol. The van der Waals surface area contributed by atoms with E-state index in [1.807, 2.05) is 0 Å². The summed E-state index contributed by atoms with van der Waals surface area (Å²) in [5.41, 5.74) is -3.27. The Morgan fingerprint density at radius 2 is 1.14 bits per heavy atom. The van der Waals surface area contributed by atoms with Crippen LogP contribution in [0.4, 0.5) is 26.3 Å². The van der Waals surface area contributed by atoms with Crippen molar-refractivity contribution in [2.24, 2.45) is 0 Å². The summed E-state index contributed by atoms with van der Waals surface area (Å²) >= 11 is 5.65. The Bertz CT molecular complexity index is 653. The average Bonchev–Trinajstić information content (AvgIpc) is 2.35. The molecule has 0 fully saturated rings. The number of alkyl halides is 6. The van der Waals surface area contributed by atoms with Crippen molar-refractivity contribution in [1.29, 1.82) is 0 Å². The first-order valence-corrected chi connectivity index (χ1v) is 6.14. The van der Waals surface area contributed by atoms with Gasteiger partial charge in [0.15, 0.2) is 0 Å². The van der Waals surface area contributed by atoms with Gasteiger partial charge in [-0.25, -0.2) is 0 Å². The number of aromatic hydroxyl groups is 1. The minimum atomic E-state index is -4.93. The number of phenols is 1. The quantitative estimate of drug-likeness (QED) is 0.655. The highest BCUT2D eigenvalue weighted by Gasteiger charge is 2.37. The van der Waals surface area contributed by atoms with Crippen LogP contribution in [0.3, 0.4) is 0 Å². The Kier molecular flexibility index (Phi) is 4.04. The second-order valence-electron chi connectivity index (χ2n) is 4.49. The zero-order valence-electron chi connectivity index (χ0n) is 10.6. The van der Waals surface area contributed by atoms with E-state index in [9.17, 15) is 31.4 Å². The van der Waals surface area contributed by atoms with Gasteiger partial charge in [0.2, 0.25) is 0 Å². The van der Waals surface area contributed by atoms with Crippen molar-refractivity contribution in [2.45, 2.75) is 12.4 Å². The fraction of sp³-hybridized carbons (Fsp3) is 0.143. The lowest BCUT2D eigenvalue weighted by molar-refractivity contribution is -0.143. The van der Waals surface area contributed by atoms with Gasteiger partial charge in [-0.1, -0.05) is 11.6 Å². The monoisotopic (exact) mass is 340 g/mol. The average molecular weight is 341 g/mol. The highest BCUT2D eigenvalue weighted by molar-refractivity contribution is 6.31. The van der Waals surface area contributed by atoms with E-state index < -0.39 is 23.5 Å². The highest BCUT2D eigenvalue weighted by atomic mass is 35.5. The number of benzene rings is 2. The summed E-state index contributed by atoms with van der Waals surface area (Å²) < 4.78 is 76.6. The molecule has 1 nitrogen and oxygen atoms in total. The van der Waals surface area contributed by atoms with Gasteiger partial charge in [-0.05, 0) is 47.5 Å². The molecule has 0 spiro atoms. The lowest BCUT2D eigenvalue weighted by Crippen LogP contribution is -2.11. The summed E-state index contributed by atoms with van der Waals surface area (Å²) in [6, 6.07) is 4.48. The van der Waals surface area contributed by atoms with Crippen molar-refractivity contribution < 1.29 is 31.4 Å². The third kappa shape index (κ3) is 3.65. The number of halogens is 7. The molecule has 2 rings (SSSR count). The minimum Gasteiger partial charge on any atom is -0.508 e. The first-order chi connectivity index (χ1) is 9.96. The van der Waals surface area contributed by atoms with Gasteiger partial charge in [0.1, 0.15) is 5.75 Å². The minimum absolute atomic E-state index is 0.0130. The van der Waals surface area contributed by atoms with Gasteiger partial charge in [-0.2, -0.15) is 26.3 Å². The van der Waals surface area contributed by atoms with E-state index in [1.54, 1.807) is 0 Å². The number of phenolic OH excluding ortho intramolecular Hbond substituents is 1. The SMILES string of the molecule is Oc1cc(Cl)cc(-c2cc(C(F)(F)F)cc(C(F)(F)F)c2)c1. The lowest BCUT2D eigenvalue weighted by Gasteiger charge is -2.14. The van der Waals surface area contributed by atoms with Crippen LogP contribution < -0.4 is 0 Å². The van der Waals surface area contributed by atoms with Crippen LogP contribution >= 0.6 is 11.6 Å². The standard InChI is InChI=1S/C14H7ClF6O/c15-11-3-8(4-12(22)6-11)7-1-9(13(16,17)18)5-10(2-7)14(19,20)21/h1-6,22H. The molecule has 2 aromatic carbocycles. The summed E-state index contributed by atoms with van der Waals surface area (Å²) in [6.45, 7) is 0. The van der Waals surface area contributed by atoms with Crippen LogP contribution in [0.25, 0.3) is 11.1 Å². The molecule has 0 atom stereocenters. The molecule has 0 saturated carbocycles. The third-order valence-corrected chi connectivity index (χ3v) is 3.02. The Morgan fingerprint density at radius 3 is 1.55 bits per heavy atom. The van der Waals surface area contributed by atoms with Gasteiger partial charge in [0, 0.05) is 5.02 Å². The van der Waals surface area contributed by atoms with E-state index in [0.29, 0.717) is 12.1 Å². The van der Waals surface area contributed by atoms with Gasteiger partial charge < -0.3 is 5.11 Å². The second kappa shape index (κ2) is 5.39. The van der Waals surface area contributed by atoms with Crippen molar-refractivity contribution in [2.75, 3.05) is 0 Å². The maximum Gasteiger partial charge on any atom is 0.416 e. The first kappa shape index (κ1) is 16.5. The second-order valence-corrected chi connectivity index (χ2v) is 4.93. The Hall–Kier alpha value is -1.89. The van der Waals surface area contributed by atoms with Crippen LogP contribution in [0.15, 0.2) is 36.4 Å². The van der Waals surface area contributed by atoms with Crippen molar-refractivity contribution >= 4 is 11.6 Å². The molecule has 1 N–H and O–H groups in total. The van der Waals surface area contributed by atoms with E-state index in [1.165, 1.54) is 0 Å². The van der Waals surface area contributed by atoms with Crippen molar-refractivity contribution in [3.05, 3.63) is 52.5 Å². The molecule has 0 heterocycles. The van der Waals surface area contributed by atoms with Gasteiger partial charge in [-0.15, -0.1) is 0 Å². The summed E-state index contributed by atoms with van der Waals surface area (Å²) in [5.74, 6) is -0.367. The normalized spacial score (nSPS) is 12.5. The summed E-state index contributed by atoms with van der Waals surface area (Å²) in [7, 11) is 0. The summed E-state index contributed by atoms with van der Waals surface area (Å²) in [6.07, 6.45) is -9.87. The van der Waals surface area contributed by atoms with Crippen LogP contribution in [0.5, 0.6) is 5.75 Å². The number of hydrogen-bond donors (Lipinski definition) is 1. The molecule has 0 bridgehead atoms. The van der Waals surface area contributed by atoms with E-state index in [4.69, 9.17) is 11.6 Å². The maximum absolute atomic E-state index is 12.8. The molecule has 0 saturated heterocycles. The zero-order valence-corrected chi connectivity index (χ0v) is 11.3. The molecule has 0 unspecified atom stereocenters. The molecule has 22 heavy (non-hydrogen) atoms. The van der Waals surface area contributed by atoms with Crippen molar-refractivity contribution in [3.8, 4) is 16.9 Å². The smallest absolute Gasteiger partial charge is 0.416 e. The van der Waals surface area contributed by atoms with Crippen LogP contribution in [-0.4, -0.2) is 5.11 Å². The molecular formula is C14H7ClF6O. The zero-order chi connectivity index (χ0) is 16.7. The largest absolute Gasteiger partial charge is 0.508 e. The Morgan fingerprint density at radius 1 is 0.682 bits per heavy atom. The molecule has 0 aliphatic heterocycles. The number of rotatable bonds is 1. The molecule has 8 heteroatoms. The molecule has 2 aromatic rings. The number of hydrogen-bond acceptors (Lipinski definition) is 1. The van der Waals surface area contributed by atoms with Crippen LogP contribution in [0.2, 0.25) is 5.02 Å². The maximum atomic E-state index is 12.8. The van der Waals surface area contributed by atoms with E-state index in [2.05, 4.69) is 0 Å².